The number of benzene rings is 2. The molecule has 0 radical (unpaired) electrons. The Morgan fingerprint density at radius 3 is 2.45 bits per heavy atom. The normalized spacial score (nSPS) is 16.2. The molecule has 1 aliphatic carbocycles. The summed E-state index contributed by atoms with van der Waals surface area (Å²) in [5, 5.41) is 5.08. The fourth-order valence-corrected chi connectivity index (χ4v) is 4.62. The van der Waals surface area contributed by atoms with Crippen LogP contribution < -0.4 is 0 Å². The zero-order valence-corrected chi connectivity index (χ0v) is 18.2. The fraction of sp³-hybridized carbons (Fsp3) is 0.385. The average Bonchev–Trinajstić information content (AvgIpc) is 3.60. The lowest BCUT2D eigenvalue weighted by Gasteiger charge is -2.28. The number of para-hydroxylation sites is 1. The van der Waals surface area contributed by atoms with Crippen LogP contribution in [0.4, 0.5) is 0 Å². The van der Waals surface area contributed by atoms with Crippen molar-refractivity contribution >= 4 is 5.91 Å². The van der Waals surface area contributed by atoms with Gasteiger partial charge in [0.05, 0.1) is 23.6 Å². The summed E-state index contributed by atoms with van der Waals surface area (Å²) in [6.45, 7) is 5.90. The number of rotatable bonds is 7. The van der Waals surface area contributed by atoms with Gasteiger partial charge in [-0.05, 0) is 50.1 Å². The van der Waals surface area contributed by atoms with Crippen LogP contribution >= 0.6 is 0 Å². The van der Waals surface area contributed by atoms with E-state index in [4.69, 9.17) is 5.10 Å². The van der Waals surface area contributed by atoms with E-state index in [9.17, 15) is 4.79 Å². The Morgan fingerprint density at radius 2 is 1.77 bits per heavy atom. The van der Waals surface area contributed by atoms with Crippen LogP contribution in [0.1, 0.15) is 53.5 Å². The summed E-state index contributed by atoms with van der Waals surface area (Å²) in [5.74, 6) is 0.118. The predicted molar refractivity (Wildman–Crippen MR) is 122 cm³/mol. The standard InChI is InChI=1S/C26H30N4O/c1-2-16-28-17-15-25-23(18-28)24(27-30(25)22-11-7-4-8-12-22)19-29(21-13-14-21)26(31)20-9-5-3-6-10-20/h3-12,21H,2,13-19H2,1H3. The lowest BCUT2D eigenvalue weighted by molar-refractivity contribution is 0.0726. The summed E-state index contributed by atoms with van der Waals surface area (Å²) in [5.41, 5.74) is 5.53. The molecule has 3 aromatic rings. The molecule has 1 amide bonds. The minimum Gasteiger partial charge on any atom is -0.330 e. The van der Waals surface area contributed by atoms with Crippen LogP contribution in [0.2, 0.25) is 0 Å². The lowest BCUT2D eigenvalue weighted by atomic mass is 10.0. The highest BCUT2D eigenvalue weighted by Crippen LogP contribution is 2.32. The van der Waals surface area contributed by atoms with E-state index in [1.165, 1.54) is 11.3 Å². The molecule has 0 bridgehead atoms. The Morgan fingerprint density at radius 1 is 1.06 bits per heavy atom. The molecule has 2 aliphatic rings. The first-order valence-electron chi connectivity index (χ1n) is 11.5. The van der Waals surface area contributed by atoms with Gasteiger partial charge in [0.1, 0.15) is 0 Å². The molecule has 0 unspecified atom stereocenters. The lowest BCUT2D eigenvalue weighted by Crippen LogP contribution is -2.34. The number of carbonyl (C=O) groups is 1. The van der Waals surface area contributed by atoms with Gasteiger partial charge < -0.3 is 4.90 Å². The van der Waals surface area contributed by atoms with Crippen molar-refractivity contribution in [2.45, 2.75) is 51.7 Å². The van der Waals surface area contributed by atoms with Crippen LogP contribution in [0.25, 0.3) is 5.69 Å². The van der Waals surface area contributed by atoms with E-state index in [0.29, 0.717) is 12.6 Å². The van der Waals surface area contributed by atoms with Crippen LogP contribution in [0, 0.1) is 0 Å². The van der Waals surface area contributed by atoms with Gasteiger partial charge in [0.15, 0.2) is 0 Å². The summed E-state index contributed by atoms with van der Waals surface area (Å²) in [6.07, 6.45) is 4.32. The third-order valence-electron chi connectivity index (χ3n) is 6.35. The first kappa shape index (κ1) is 20.0. The molecule has 0 saturated heterocycles. The molecule has 1 aliphatic heterocycles. The second kappa shape index (κ2) is 8.67. The molecule has 2 heterocycles. The second-order valence-corrected chi connectivity index (χ2v) is 8.68. The van der Waals surface area contributed by atoms with Gasteiger partial charge in [-0.3, -0.25) is 9.69 Å². The second-order valence-electron chi connectivity index (χ2n) is 8.68. The van der Waals surface area contributed by atoms with E-state index >= 15 is 0 Å². The average molecular weight is 415 g/mol. The van der Waals surface area contributed by atoms with E-state index in [0.717, 1.165) is 62.3 Å². The third kappa shape index (κ3) is 4.15. The van der Waals surface area contributed by atoms with Crippen molar-refractivity contribution in [3.8, 4) is 5.69 Å². The number of nitrogens with zero attached hydrogens (tertiary/aromatic N) is 4. The molecule has 2 aromatic carbocycles. The Hall–Kier alpha value is -2.92. The Balaban J connectivity index is 1.50. The zero-order chi connectivity index (χ0) is 21.2. The van der Waals surface area contributed by atoms with Crippen molar-refractivity contribution in [2.75, 3.05) is 13.1 Å². The minimum atomic E-state index is 0.118. The quantitative estimate of drug-likeness (QED) is 0.574. The molecule has 5 heteroatoms. The molecule has 1 fully saturated rings. The topological polar surface area (TPSA) is 41.4 Å². The Kier molecular flexibility index (Phi) is 5.60. The molecular formula is C26H30N4O. The number of aromatic nitrogens is 2. The van der Waals surface area contributed by atoms with Gasteiger partial charge in [-0.15, -0.1) is 0 Å². The maximum Gasteiger partial charge on any atom is 0.254 e. The molecule has 31 heavy (non-hydrogen) atoms. The number of carbonyl (C=O) groups excluding carboxylic acids is 1. The summed E-state index contributed by atoms with van der Waals surface area (Å²) >= 11 is 0. The van der Waals surface area contributed by atoms with Crippen LogP contribution in [-0.4, -0.2) is 44.6 Å². The van der Waals surface area contributed by atoms with Gasteiger partial charge >= 0.3 is 0 Å². The van der Waals surface area contributed by atoms with Crippen molar-refractivity contribution < 1.29 is 4.79 Å². The third-order valence-corrected chi connectivity index (χ3v) is 6.35. The van der Waals surface area contributed by atoms with E-state index in [-0.39, 0.29) is 5.91 Å². The van der Waals surface area contributed by atoms with Gasteiger partial charge in [0, 0.05) is 36.7 Å². The van der Waals surface area contributed by atoms with Crippen LogP contribution in [0.5, 0.6) is 0 Å². The molecule has 5 rings (SSSR count). The van der Waals surface area contributed by atoms with Crippen molar-refractivity contribution in [3.05, 3.63) is 83.2 Å². The Bertz CT molecular complexity index is 1040. The van der Waals surface area contributed by atoms with Crippen LogP contribution in [0.15, 0.2) is 60.7 Å². The highest BCUT2D eigenvalue weighted by atomic mass is 16.2. The molecule has 1 saturated carbocycles. The molecular weight excluding hydrogens is 384 g/mol. The molecule has 0 atom stereocenters. The van der Waals surface area contributed by atoms with Gasteiger partial charge in [0.25, 0.3) is 5.91 Å². The number of hydrogen-bond donors (Lipinski definition) is 0. The molecule has 0 spiro atoms. The van der Waals surface area contributed by atoms with Crippen molar-refractivity contribution in [2.24, 2.45) is 0 Å². The predicted octanol–water partition coefficient (Wildman–Crippen LogP) is 4.45. The van der Waals surface area contributed by atoms with E-state index in [1.54, 1.807) is 0 Å². The van der Waals surface area contributed by atoms with Gasteiger partial charge in [-0.1, -0.05) is 43.3 Å². The number of hydrogen-bond acceptors (Lipinski definition) is 3. The van der Waals surface area contributed by atoms with Crippen LogP contribution in [0.3, 0.4) is 0 Å². The largest absolute Gasteiger partial charge is 0.330 e. The molecule has 160 valence electrons. The Labute approximate surface area is 184 Å². The number of amides is 1. The van der Waals surface area contributed by atoms with Crippen molar-refractivity contribution in [3.63, 3.8) is 0 Å². The summed E-state index contributed by atoms with van der Waals surface area (Å²) < 4.78 is 2.12. The van der Waals surface area contributed by atoms with E-state index in [2.05, 4.69) is 40.8 Å². The minimum absolute atomic E-state index is 0.118. The van der Waals surface area contributed by atoms with Gasteiger partial charge in [-0.2, -0.15) is 5.10 Å². The van der Waals surface area contributed by atoms with E-state index in [1.807, 2.05) is 41.3 Å². The summed E-state index contributed by atoms with van der Waals surface area (Å²) in [4.78, 5) is 17.9. The molecule has 1 aromatic heterocycles. The number of fused-ring (bicyclic) bond motifs is 1. The first-order valence-corrected chi connectivity index (χ1v) is 11.5. The van der Waals surface area contributed by atoms with Crippen LogP contribution in [-0.2, 0) is 19.5 Å². The summed E-state index contributed by atoms with van der Waals surface area (Å²) in [6, 6.07) is 20.4. The molecule has 5 nitrogen and oxygen atoms in total. The maximum absolute atomic E-state index is 13.3. The van der Waals surface area contributed by atoms with E-state index < -0.39 is 0 Å². The van der Waals surface area contributed by atoms with Gasteiger partial charge in [0.2, 0.25) is 0 Å². The van der Waals surface area contributed by atoms with Gasteiger partial charge in [-0.25, -0.2) is 4.68 Å². The first-order chi connectivity index (χ1) is 15.2. The monoisotopic (exact) mass is 414 g/mol. The highest BCUT2D eigenvalue weighted by Gasteiger charge is 2.35. The molecule has 0 N–H and O–H groups in total. The maximum atomic E-state index is 13.3. The SMILES string of the molecule is CCCN1CCc2c(c(CN(C(=O)c3ccccc3)C3CC3)nn2-c2ccccc2)C1. The highest BCUT2D eigenvalue weighted by molar-refractivity contribution is 5.94. The van der Waals surface area contributed by atoms with Crippen molar-refractivity contribution in [1.29, 1.82) is 0 Å². The van der Waals surface area contributed by atoms with Crippen molar-refractivity contribution in [1.82, 2.24) is 19.6 Å². The fourth-order valence-electron chi connectivity index (χ4n) is 4.62. The zero-order valence-electron chi connectivity index (χ0n) is 18.2. The summed E-state index contributed by atoms with van der Waals surface area (Å²) in [7, 11) is 0. The smallest absolute Gasteiger partial charge is 0.254 e.